The number of nitrogens with two attached hydrogens (primary N) is 1. The fourth-order valence-corrected chi connectivity index (χ4v) is 7.79. The minimum atomic E-state index is -0.798. The van der Waals surface area contributed by atoms with Crippen molar-refractivity contribution >= 4 is 39.6 Å². The third-order valence-electron chi connectivity index (χ3n) is 9.53. The lowest BCUT2D eigenvalue weighted by atomic mass is 10.1. The highest BCUT2D eigenvalue weighted by atomic mass is 16.6. The van der Waals surface area contributed by atoms with Gasteiger partial charge < -0.3 is 39.2 Å². The van der Waals surface area contributed by atoms with Crippen LogP contribution in [0.1, 0.15) is 49.5 Å². The number of methoxy groups -OCH3 is 1. The van der Waals surface area contributed by atoms with E-state index in [9.17, 15) is 14.7 Å². The Morgan fingerprint density at radius 2 is 1.98 bits per heavy atom. The molecule has 4 atom stereocenters. The number of imidazole rings is 1. The van der Waals surface area contributed by atoms with Gasteiger partial charge in [-0.15, -0.1) is 0 Å². The molecule has 3 aliphatic rings. The van der Waals surface area contributed by atoms with Crippen molar-refractivity contribution < 1.29 is 24.2 Å². The predicted molar refractivity (Wildman–Crippen MR) is 164 cm³/mol. The molecule has 0 radical (unpaired) electrons. The van der Waals surface area contributed by atoms with Crippen molar-refractivity contribution in [2.45, 2.75) is 57.8 Å². The maximum absolute atomic E-state index is 13.9. The Morgan fingerprint density at radius 3 is 2.72 bits per heavy atom. The van der Waals surface area contributed by atoms with Gasteiger partial charge in [0.2, 0.25) is 0 Å². The second-order valence-electron chi connectivity index (χ2n) is 12.0. The topological polar surface area (TPSA) is 128 Å². The zero-order chi connectivity index (χ0) is 30.0. The molecular formula is C32H38N6O5. The first-order valence-electron chi connectivity index (χ1n) is 15.2. The molecule has 3 N–H and O–H groups in total. The Labute approximate surface area is 249 Å². The summed E-state index contributed by atoms with van der Waals surface area (Å²) in [6, 6.07) is 12.2. The third-order valence-corrected chi connectivity index (χ3v) is 9.53. The van der Waals surface area contributed by atoms with Gasteiger partial charge >= 0.3 is 6.09 Å². The van der Waals surface area contributed by atoms with E-state index < -0.39 is 6.09 Å². The van der Waals surface area contributed by atoms with Gasteiger partial charge in [0, 0.05) is 55.7 Å². The summed E-state index contributed by atoms with van der Waals surface area (Å²) in [7, 11) is 1.62. The molecule has 1 aliphatic carbocycles. The van der Waals surface area contributed by atoms with Crippen LogP contribution in [0.25, 0.3) is 33.5 Å². The first-order chi connectivity index (χ1) is 20.8. The van der Waals surface area contributed by atoms with Crippen molar-refractivity contribution in [1.29, 1.82) is 0 Å². The number of piperidine rings is 1. The van der Waals surface area contributed by atoms with Crippen molar-refractivity contribution in [3.05, 3.63) is 42.0 Å². The van der Waals surface area contributed by atoms with Crippen LogP contribution in [0.3, 0.4) is 0 Å². The van der Waals surface area contributed by atoms with Gasteiger partial charge in [0.25, 0.3) is 5.91 Å². The number of aliphatic hydroxyl groups is 1. The standard InChI is InChI=1S/C32H38N6O5/c1-4-36-28-22(13-21(15-26(28)42-3)31(40)37-17-20-9-10-24(37)29(20)43-32(33)41)34-30(36)25-14-19-7-5-8-23-27(19)38(25)18(2)16-35(23)11-6-12-39/h5,7-8,13-15,18,20,24,29,39H,4,6,9-12,16-17H2,1-3H3,(H2,33,41)/t18?,20-,24-,29-/m1/s1. The van der Waals surface area contributed by atoms with Crippen LogP contribution in [-0.4, -0.2) is 81.6 Å². The Balaban J connectivity index is 1.32. The van der Waals surface area contributed by atoms with E-state index in [2.05, 4.69) is 52.1 Å². The number of hydrogen-bond acceptors (Lipinski definition) is 7. The molecule has 2 aromatic carbocycles. The zero-order valence-corrected chi connectivity index (χ0v) is 24.8. The average molecular weight is 587 g/mol. The van der Waals surface area contributed by atoms with Gasteiger partial charge in [0.05, 0.1) is 35.6 Å². The normalized spacial score (nSPS) is 22.6. The number of hydrogen-bond donors (Lipinski definition) is 2. The van der Waals surface area contributed by atoms with Gasteiger partial charge in [-0.05, 0) is 57.4 Å². The lowest BCUT2D eigenvalue weighted by Gasteiger charge is -2.35. The molecule has 4 aromatic rings. The van der Waals surface area contributed by atoms with E-state index in [1.54, 1.807) is 13.2 Å². The molecule has 4 heterocycles. The molecule has 11 nitrogen and oxygen atoms in total. The lowest BCUT2D eigenvalue weighted by molar-refractivity contribution is 0.0598. The maximum Gasteiger partial charge on any atom is 0.404 e. The summed E-state index contributed by atoms with van der Waals surface area (Å²) in [4.78, 5) is 34.7. The van der Waals surface area contributed by atoms with Gasteiger partial charge in [-0.1, -0.05) is 12.1 Å². The van der Waals surface area contributed by atoms with E-state index in [0.717, 1.165) is 54.8 Å². The first kappa shape index (κ1) is 27.6. The fraction of sp³-hybridized carbons (Fsp3) is 0.469. The van der Waals surface area contributed by atoms with Crippen molar-refractivity contribution in [3.63, 3.8) is 0 Å². The summed E-state index contributed by atoms with van der Waals surface area (Å²) in [6.07, 6.45) is 1.26. The summed E-state index contributed by atoms with van der Waals surface area (Å²) in [5, 5.41) is 10.6. The molecule has 1 saturated heterocycles. The van der Waals surface area contributed by atoms with Crippen LogP contribution >= 0.6 is 0 Å². The Hall–Kier alpha value is -4.25. The predicted octanol–water partition coefficient (Wildman–Crippen LogP) is 4.15. The van der Waals surface area contributed by atoms with Crippen molar-refractivity contribution in [2.75, 3.05) is 38.3 Å². The fourth-order valence-electron chi connectivity index (χ4n) is 7.79. The van der Waals surface area contributed by atoms with E-state index in [1.807, 2.05) is 11.0 Å². The van der Waals surface area contributed by atoms with Crippen molar-refractivity contribution in [3.8, 4) is 17.3 Å². The molecule has 0 spiro atoms. The zero-order valence-electron chi connectivity index (χ0n) is 24.8. The number of primary amides is 1. The molecule has 2 fully saturated rings. The smallest absolute Gasteiger partial charge is 0.404 e. The number of nitrogens with zero attached hydrogens (tertiary/aromatic N) is 5. The molecule has 2 aliphatic heterocycles. The second kappa shape index (κ2) is 10.5. The Morgan fingerprint density at radius 1 is 1.14 bits per heavy atom. The minimum Gasteiger partial charge on any atom is -0.494 e. The van der Waals surface area contributed by atoms with Crippen LogP contribution in [-0.2, 0) is 11.3 Å². The highest BCUT2D eigenvalue weighted by Crippen LogP contribution is 2.43. The molecular weight excluding hydrogens is 548 g/mol. The third kappa shape index (κ3) is 4.23. The van der Waals surface area contributed by atoms with E-state index in [-0.39, 0.29) is 36.6 Å². The number of carbonyl (C=O) groups excluding carboxylic acids is 2. The molecule has 43 heavy (non-hydrogen) atoms. The first-order valence-corrected chi connectivity index (χ1v) is 15.2. The number of ether oxygens (including phenoxy) is 2. The van der Waals surface area contributed by atoms with Crippen LogP contribution in [0.2, 0.25) is 0 Å². The molecule has 226 valence electrons. The summed E-state index contributed by atoms with van der Waals surface area (Å²) >= 11 is 0. The number of amides is 2. The number of aromatic nitrogens is 3. The quantitative estimate of drug-likeness (QED) is 0.318. The number of anilines is 1. The van der Waals surface area contributed by atoms with E-state index >= 15 is 0 Å². The SMILES string of the molecule is CCn1c(-c2cc3cccc4c3n2C(C)CN4CCCO)nc2cc(C(=O)N3C[C@H]4CC[C@@H]3[C@@H]4OC(N)=O)cc(OC)c21. The molecule has 11 heteroatoms. The molecule has 1 saturated carbocycles. The highest BCUT2D eigenvalue weighted by molar-refractivity contribution is 6.01. The van der Waals surface area contributed by atoms with Gasteiger partial charge in [-0.3, -0.25) is 4.79 Å². The number of rotatable bonds is 8. The Kier molecular flexibility index (Phi) is 6.72. The number of para-hydroxylation sites is 1. The van der Waals surface area contributed by atoms with Crippen LogP contribution in [0.5, 0.6) is 5.75 Å². The summed E-state index contributed by atoms with van der Waals surface area (Å²) in [5.74, 6) is 1.40. The van der Waals surface area contributed by atoms with Crippen molar-refractivity contribution in [2.24, 2.45) is 11.7 Å². The monoisotopic (exact) mass is 586 g/mol. The molecule has 7 rings (SSSR count). The molecule has 2 aromatic heterocycles. The van der Waals surface area contributed by atoms with Gasteiger partial charge in [-0.25, -0.2) is 9.78 Å². The number of benzene rings is 2. The van der Waals surface area contributed by atoms with Crippen LogP contribution in [0.15, 0.2) is 36.4 Å². The van der Waals surface area contributed by atoms with Gasteiger partial charge in [0.15, 0.2) is 5.82 Å². The van der Waals surface area contributed by atoms with Crippen LogP contribution < -0.4 is 15.4 Å². The van der Waals surface area contributed by atoms with E-state index in [1.165, 1.54) is 11.2 Å². The Bertz CT molecular complexity index is 1740. The average Bonchev–Trinajstić information content (AvgIpc) is 3.77. The van der Waals surface area contributed by atoms with Gasteiger partial charge in [0.1, 0.15) is 17.4 Å². The summed E-state index contributed by atoms with van der Waals surface area (Å²) in [5.41, 5.74) is 10.7. The van der Waals surface area contributed by atoms with E-state index in [4.69, 9.17) is 20.2 Å². The van der Waals surface area contributed by atoms with E-state index in [0.29, 0.717) is 29.9 Å². The largest absolute Gasteiger partial charge is 0.494 e. The number of carbonyl (C=O) groups is 2. The van der Waals surface area contributed by atoms with Crippen LogP contribution in [0.4, 0.5) is 10.5 Å². The molecule has 2 amide bonds. The second-order valence-corrected chi connectivity index (χ2v) is 12.0. The number of aliphatic hydroxyl groups excluding tert-OH is 1. The number of likely N-dealkylation sites (tertiary alicyclic amines) is 1. The molecule has 1 unspecified atom stereocenters. The summed E-state index contributed by atoms with van der Waals surface area (Å²) in [6.45, 7) is 7.32. The highest BCUT2D eigenvalue weighted by Gasteiger charge is 2.51. The van der Waals surface area contributed by atoms with Gasteiger partial charge in [-0.2, -0.15) is 0 Å². The number of aryl methyl sites for hydroxylation is 1. The van der Waals surface area contributed by atoms with Crippen molar-refractivity contribution in [1.82, 2.24) is 19.0 Å². The lowest BCUT2D eigenvalue weighted by Crippen LogP contribution is -2.40. The molecule has 2 bridgehead atoms. The van der Waals surface area contributed by atoms with Crippen LogP contribution in [0, 0.1) is 5.92 Å². The minimum absolute atomic E-state index is 0.102. The summed E-state index contributed by atoms with van der Waals surface area (Å²) < 4.78 is 15.8. The maximum atomic E-state index is 13.9. The number of fused-ring (bicyclic) bond motifs is 3.